The molecule has 76 valence electrons. The van der Waals surface area contributed by atoms with E-state index in [9.17, 15) is 0 Å². The monoisotopic (exact) mass is 191 g/mol. The highest BCUT2D eigenvalue weighted by Gasteiger charge is 2.32. The second-order valence-electron chi connectivity index (χ2n) is 4.04. The standard InChI is InChI=1S/C11H17N3/c1-13-11(9-6-10(12)7-9)8-2-4-14-5-3-8/h2-5,9-11,13H,6-7,12H2,1H3. The van der Waals surface area contributed by atoms with Gasteiger partial charge in [-0.2, -0.15) is 0 Å². The predicted molar refractivity (Wildman–Crippen MR) is 56.7 cm³/mol. The molecule has 0 aromatic carbocycles. The third-order valence-corrected chi connectivity index (χ3v) is 3.06. The van der Waals surface area contributed by atoms with Gasteiger partial charge in [-0.3, -0.25) is 4.98 Å². The number of aromatic nitrogens is 1. The molecule has 2 rings (SSSR count). The molecule has 1 unspecified atom stereocenters. The highest BCUT2D eigenvalue weighted by atomic mass is 14.9. The molecule has 1 fully saturated rings. The van der Waals surface area contributed by atoms with Gasteiger partial charge in [0.2, 0.25) is 0 Å². The molecular formula is C11H17N3. The Bertz CT molecular complexity index is 280. The largest absolute Gasteiger partial charge is 0.328 e. The number of pyridine rings is 1. The van der Waals surface area contributed by atoms with Crippen molar-refractivity contribution in [2.45, 2.75) is 24.9 Å². The highest BCUT2D eigenvalue weighted by molar-refractivity contribution is 5.17. The fourth-order valence-electron chi connectivity index (χ4n) is 2.23. The predicted octanol–water partition coefficient (Wildman–Crippen LogP) is 1.08. The van der Waals surface area contributed by atoms with Gasteiger partial charge in [0.05, 0.1) is 0 Å². The van der Waals surface area contributed by atoms with Gasteiger partial charge in [-0.05, 0) is 43.5 Å². The molecular weight excluding hydrogens is 174 g/mol. The van der Waals surface area contributed by atoms with Crippen molar-refractivity contribution < 1.29 is 0 Å². The fraction of sp³-hybridized carbons (Fsp3) is 0.545. The maximum Gasteiger partial charge on any atom is 0.0348 e. The van der Waals surface area contributed by atoms with Crippen LogP contribution in [-0.2, 0) is 0 Å². The number of hydrogen-bond acceptors (Lipinski definition) is 3. The number of nitrogens with two attached hydrogens (primary N) is 1. The Kier molecular flexibility index (Phi) is 2.79. The second kappa shape index (κ2) is 4.07. The molecule has 1 atom stereocenters. The van der Waals surface area contributed by atoms with E-state index in [1.54, 1.807) is 0 Å². The molecule has 1 aromatic rings. The van der Waals surface area contributed by atoms with Gasteiger partial charge in [0, 0.05) is 24.5 Å². The van der Waals surface area contributed by atoms with E-state index in [4.69, 9.17) is 5.73 Å². The Morgan fingerprint density at radius 2 is 2.07 bits per heavy atom. The number of hydrogen-bond donors (Lipinski definition) is 2. The molecule has 0 aliphatic heterocycles. The van der Waals surface area contributed by atoms with Crippen molar-refractivity contribution in [2.24, 2.45) is 11.7 Å². The zero-order valence-corrected chi connectivity index (χ0v) is 8.48. The molecule has 0 spiro atoms. The van der Waals surface area contributed by atoms with Crippen molar-refractivity contribution in [2.75, 3.05) is 7.05 Å². The molecule has 0 saturated heterocycles. The third-order valence-electron chi connectivity index (χ3n) is 3.06. The van der Waals surface area contributed by atoms with E-state index in [2.05, 4.69) is 22.4 Å². The van der Waals surface area contributed by atoms with Crippen LogP contribution in [0.25, 0.3) is 0 Å². The minimum Gasteiger partial charge on any atom is -0.328 e. The van der Waals surface area contributed by atoms with Crippen molar-refractivity contribution in [3.63, 3.8) is 0 Å². The summed E-state index contributed by atoms with van der Waals surface area (Å²) in [5.74, 6) is 0.692. The summed E-state index contributed by atoms with van der Waals surface area (Å²) in [5.41, 5.74) is 7.12. The Morgan fingerprint density at radius 1 is 1.43 bits per heavy atom. The lowest BCUT2D eigenvalue weighted by atomic mass is 9.74. The molecule has 3 nitrogen and oxygen atoms in total. The van der Waals surface area contributed by atoms with Gasteiger partial charge in [-0.25, -0.2) is 0 Å². The van der Waals surface area contributed by atoms with Crippen molar-refractivity contribution in [3.8, 4) is 0 Å². The van der Waals surface area contributed by atoms with E-state index in [1.165, 1.54) is 5.56 Å². The van der Waals surface area contributed by atoms with Gasteiger partial charge in [-0.15, -0.1) is 0 Å². The first-order chi connectivity index (χ1) is 6.81. The first-order valence-electron chi connectivity index (χ1n) is 5.14. The lowest BCUT2D eigenvalue weighted by Crippen LogP contribution is -2.42. The first-order valence-corrected chi connectivity index (χ1v) is 5.14. The molecule has 0 radical (unpaired) electrons. The van der Waals surface area contributed by atoms with Crippen molar-refractivity contribution >= 4 is 0 Å². The van der Waals surface area contributed by atoms with Crippen molar-refractivity contribution in [3.05, 3.63) is 30.1 Å². The van der Waals surface area contributed by atoms with Gasteiger partial charge in [-0.1, -0.05) is 0 Å². The Morgan fingerprint density at radius 3 is 2.57 bits per heavy atom. The van der Waals surface area contributed by atoms with Crippen LogP contribution in [-0.4, -0.2) is 18.1 Å². The molecule has 0 amide bonds. The smallest absolute Gasteiger partial charge is 0.0348 e. The summed E-state index contributed by atoms with van der Waals surface area (Å²) in [7, 11) is 2.01. The van der Waals surface area contributed by atoms with Gasteiger partial charge in [0.15, 0.2) is 0 Å². The van der Waals surface area contributed by atoms with E-state index in [-0.39, 0.29) is 0 Å². The maximum atomic E-state index is 5.80. The summed E-state index contributed by atoms with van der Waals surface area (Å²) < 4.78 is 0. The minimum atomic E-state index is 0.415. The van der Waals surface area contributed by atoms with E-state index >= 15 is 0 Å². The van der Waals surface area contributed by atoms with Crippen LogP contribution in [0.1, 0.15) is 24.4 Å². The van der Waals surface area contributed by atoms with E-state index in [0.717, 1.165) is 12.8 Å². The number of nitrogens with zero attached hydrogens (tertiary/aromatic N) is 1. The third kappa shape index (κ3) is 1.79. The van der Waals surface area contributed by atoms with Crippen LogP contribution >= 0.6 is 0 Å². The normalized spacial score (nSPS) is 28.1. The summed E-state index contributed by atoms with van der Waals surface area (Å²) in [6, 6.07) is 5.01. The SMILES string of the molecule is CNC(c1ccncc1)C1CC(N)C1. The summed E-state index contributed by atoms with van der Waals surface area (Å²) in [5, 5.41) is 3.36. The van der Waals surface area contributed by atoms with Gasteiger partial charge in [0.1, 0.15) is 0 Å². The van der Waals surface area contributed by atoms with Gasteiger partial charge < -0.3 is 11.1 Å². The fourth-order valence-corrected chi connectivity index (χ4v) is 2.23. The molecule has 1 aromatic heterocycles. The Hall–Kier alpha value is -0.930. The Balaban J connectivity index is 2.07. The zero-order valence-electron chi connectivity index (χ0n) is 8.48. The lowest BCUT2D eigenvalue weighted by molar-refractivity contribution is 0.204. The van der Waals surface area contributed by atoms with Crippen LogP contribution in [0, 0.1) is 5.92 Å². The maximum absolute atomic E-state index is 5.80. The van der Waals surface area contributed by atoms with Gasteiger partial charge >= 0.3 is 0 Å². The number of rotatable bonds is 3. The average Bonchev–Trinajstić information content (AvgIpc) is 2.18. The summed E-state index contributed by atoms with van der Waals surface area (Å²) in [6.45, 7) is 0. The Labute approximate surface area is 84.7 Å². The van der Waals surface area contributed by atoms with Crippen molar-refractivity contribution in [1.29, 1.82) is 0 Å². The summed E-state index contributed by atoms with van der Waals surface area (Å²) in [4.78, 5) is 4.03. The number of nitrogens with one attached hydrogen (secondary N) is 1. The highest BCUT2D eigenvalue weighted by Crippen LogP contribution is 2.36. The molecule has 1 aliphatic rings. The molecule has 3 heteroatoms. The molecule has 0 bridgehead atoms. The van der Waals surface area contributed by atoms with E-state index in [0.29, 0.717) is 18.0 Å². The van der Waals surface area contributed by atoms with E-state index < -0.39 is 0 Å². The molecule has 1 aliphatic carbocycles. The van der Waals surface area contributed by atoms with Crippen LogP contribution in [0.2, 0.25) is 0 Å². The van der Waals surface area contributed by atoms with Crippen LogP contribution in [0.4, 0.5) is 0 Å². The molecule has 1 saturated carbocycles. The minimum absolute atomic E-state index is 0.415. The molecule has 14 heavy (non-hydrogen) atoms. The van der Waals surface area contributed by atoms with Crippen LogP contribution in [0.3, 0.4) is 0 Å². The first kappa shape index (κ1) is 9.62. The van der Waals surface area contributed by atoms with Gasteiger partial charge in [0.25, 0.3) is 0 Å². The van der Waals surface area contributed by atoms with Crippen LogP contribution in [0.5, 0.6) is 0 Å². The van der Waals surface area contributed by atoms with Crippen LogP contribution in [0.15, 0.2) is 24.5 Å². The zero-order chi connectivity index (χ0) is 9.97. The average molecular weight is 191 g/mol. The van der Waals surface area contributed by atoms with E-state index in [1.807, 2.05) is 19.4 Å². The quantitative estimate of drug-likeness (QED) is 0.751. The van der Waals surface area contributed by atoms with Crippen LogP contribution < -0.4 is 11.1 Å². The summed E-state index contributed by atoms with van der Waals surface area (Å²) >= 11 is 0. The lowest BCUT2D eigenvalue weighted by Gasteiger charge is -2.38. The topological polar surface area (TPSA) is 50.9 Å². The summed E-state index contributed by atoms with van der Waals surface area (Å²) in [6.07, 6.45) is 5.96. The second-order valence-corrected chi connectivity index (χ2v) is 4.04. The molecule has 3 N–H and O–H groups in total. The van der Waals surface area contributed by atoms with Crippen molar-refractivity contribution in [1.82, 2.24) is 10.3 Å². The molecule has 1 heterocycles.